The van der Waals surface area contributed by atoms with E-state index in [9.17, 15) is 13.2 Å². The molecule has 2 aromatic carbocycles. The molecule has 0 N–H and O–H groups in total. The highest BCUT2D eigenvalue weighted by molar-refractivity contribution is 5.84. The van der Waals surface area contributed by atoms with Gasteiger partial charge in [0.25, 0.3) is 0 Å². The molecule has 4 nitrogen and oxygen atoms in total. The number of hydrogen-bond donors (Lipinski definition) is 0. The Morgan fingerprint density at radius 2 is 1.57 bits per heavy atom. The first kappa shape index (κ1) is 18.4. The quantitative estimate of drug-likeness (QED) is 0.391. The minimum Gasteiger partial charge on any atom is -0.280 e. The zero-order chi connectivity index (χ0) is 20.9. The van der Waals surface area contributed by atoms with Crippen LogP contribution in [0.5, 0.6) is 0 Å². The van der Waals surface area contributed by atoms with Gasteiger partial charge in [-0.1, -0.05) is 18.2 Å². The molecule has 0 amide bonds. The molecule has 3 heterocycles. The zero-order valence-corrected chi connectivity index (χ0v) is 16.1. The molecule has 0 atom stereocenters. The third-order valence-electron chi connectivity index (χ3n) is 5.25. The monoisotopic (exact) mass is 406 g/mol. The van der Waals surface area contributed by atoms with Crippen molar-refractivity contribution in [2.24, 2.45) is 0 Å². The molecule has 0 spiro atoms. The van der Waals surface area contributed by atoms with Crippen molar-refractivity contribution in [1.82, 2.24) is 18.9 Å². The first-order valence-corrected chi connectivity index (χ1v) is 9.48. The number of fused-ring (bicyclic) bond motifs is 3. The maximum atomic E-state index is 13.0. The Hall–Kier alpha value is -3.61. The van der Waals surface area contributed by atoms with Crippen molar-refractivity contribution in [2.75, 3.05) is 0 Å². The third kappa shape index (κ3) is 2.94. The van der Waals surface area contributed by atoms with Crippen LogP contribution in [0.3, 0.4) is 0 Å². The highest BCUT2D eigenvalue weighted by atomic mass is 19.4. The van der Waals surface area contributed by atoms with E-state index in [-0.39, 0.29) is 0 Å². The Labute approximate surface area is 170 Å². The predicted octanol–water partition coefficient (Wildman–Crippen LogP) is 5.59. The molecule has 0 aliphatic heterocycles. The lowest BCUT2D eigenvalue weighted by Crippen LogP contribution is -2.05. The van der Waals surface area contributed by atoms with Gasteiger partial charge in [0.05, 0.1) is 28.0 Å². The summed E-state index contributed by atoms with van der Waals surface area (Å²) in [6.07, 6.45) is -2.00. The van der Waals surface area contributed by atoms with E-state index in [1.807, 2.05) is 54.0 Å². The fourth-order valence-electron chi connectivity index (χ4n) is 3.84. The van der Waals surface area contributed by atoms with Gasteiger partial charge in [0.15, 0.2) is 0 Å². The summed E-state index contributed by atoms with van der Waals surface area (Å²) in [5, 5.41) is 0. The van der Waals surface area contributed by atoms with Crippen LogP contribution in [0, 0.1) is 6.92 Å². The highest BCUT2D eigenvalue weighted by Crippen LogP contribution is 2.32. The van der Waals surface area contributed by atoms with Gasteiger partial charge in [-0.3, -0.25) is 14.0 Å². The number of alkyl halides is 3. The summed E-state index contributed by atoms with van der Waals surface area (Å²) in [5.74, 6) is 0.666. The number of pyridine rings is 1. The molecule has 5 aromatic rings. The van der Waals surface area contributed by atoms with Crippen molar-refractivity contribution < 1.29 is 13.2 Å². The van der Waals surface area contributed by atoms with Gasteiger partial charge in [-0.05, 0) is 55.5 Å². The molecular formula is C23H17F3N4. The van der Waals surface area contributed by atoms with E-state index >= 15 is 0 Å². The van der Waals surface area contributed by atoms with Crippen molar-refractivity contribution in [3.63, 3.8) is 0 Å². The second kappa shape index (κ2) is 6.73. The van der Waals surface area contributed by atoms with Crippen molar-refractivity contribution in [3.8, 4) is 5.69 Å². The fraction of sp³-hybridized carbons (Fsp3) is 0.130. The van der Waals surface area contributed by atoms with E-state index in [2.05, 4.69) is 9.38 Å². The van der Waals surface area contributed by atoms with E-state index < -0.39 is 11.7 Å². The third-order valence-corrected chi connectivity index (χ3v) is 5.25. The Morgan fingerprint density at radius 1 is 0.867 bits per heavy atom. The summed E-state index contributed by atoms with van der Waals surface area (Å²) in [7, 11) is 0. The van der Waals surface area contributed by atoms with Gasteiger partial charge in [0.1, 0.15) is 0 Å². The maximum Gasteiger partial charge on any atom is 0.416 e. The van der Waals surface area contributed by atoms with Crippen LogP contribution in [-0.2, 0) is 12.6 Å². The second-order valence-electron chi connectivity index (χ2n) is 7.15. The van der Waals surface area contributed by atoms with Gasteiger partial charge in [-0.2, -0.15) is 13.2 Å². The molecule has 0 bridgehead atoms. The van der Waals surface area contributed by atoms with Crippen molar-refractivity contribution >= 4 is 16.8 Å². The van der Waals surface area contributed by atoms with E-state index in [4.69, 9.17) is 4.98 Å². The first-order chi connectivity index (χ1) is 14.4. The number of benzene rings is 2. The molecule has 0 saturated carbocycles. The number of aromatic nitrogens is 4. The number of nitrogens with zero attached hydrogens (tertiary/aromatic N) is 4. The molecule has 7 heteroatoms. The predicted molar refractivity (Wildman–Crippen MR) is 109 cm³/mol. The molecule has 0 aliphatic rings. The van der Waals surface area contributed by atoms with Gasteiger partial charge in [0, 0.05) is 24.0 Å². The van der Waals surface area contributed by atoms with Crippen LogP contribution in [0.4, 0.5) is 13.2 Å². The van der Waals surface area contributed by atoms with Gasteiger partial charge < -0.3 is 0 Å². The molecule has 0 unspecified atom stereocenters. The van der Waals surface area contributed by atoms with Crippen LogP contribution in [0.1, 0.15) is 22.6 Å². The molecule has 0 fully saturated rings. The Kier molecular flexibility index (Phi) is 4.13. The number of hydrogen-bond acceptors (Lipinski definition) is 2. The SMILES string of the molecule is Cc1nc2n(-c3ccc(C(F)(F)F)cc3)c3ccccc3n2c1Cc1ccccn1. The molecular weight excluding hydrogens is 389 g/mol. The number of para-hydroxylation sites is 2. The lowest BCUT2D eigenvalue weighted by molar-refractivity contribution is -0.137. The van der Waals surface area contributed by atoms with Crippen LogP contribution in [-0.4, -0.2) is 18.9 Å². The summed E-state index contributed by atoms with van der Waals surface area (Å²) in [6.45, 7) is 1.94. The first-order valence-electron chi connectivity index (χ1n) is 9.48. The maximum absolute atomic E-state index is 13.0. The summed E-state index contributed by atoms with van der Waals surface area (Å²) in [5.41, 5.74) is 4.57. The van der Waals surface area contributed by atoms with Crippen LogP contribution in [0.15, 0.2) is 72.9 Å². The van der Waals surface area contributed by atoms with Crippen molar-refractivity contribution in [3.05, 3.63) is 95.6 Å². The number of aryl methyl sites for hydroxylation is 1. The number of halogens is 3. The second-order valence-corrected chi connectivity index (χ2v) is 7.15. The van der Waals surface area contributed by atoms with E-state index in [1.54, 1.807) is 6.20 Å². The lowest BCUT2D eigenvalue weighted by Gasteiger charge is -2.09. The van der Waals surface area contributed by atoms with Gasteiger partial charge in [-0.15, -0.1) is 0 Å². The topological polar surface area (TPSA) is 35.1 Å². The van der Waals surface area contributed by atoms with Crippen LogP contribution < -0.4 is 0 Å². The zero-order valence-electron chi connectivity index (χ0n) is 16.1. The number of imidazole rings is 2. The molecule has 5 rings (SSSR count). The normalized spacial score (nSPS) is 12.1. The Morgan fingerprint density at radius 3 is 2.23 bits per heavy atom. The number of rotatable bonds is 3. The summed E-state index contributed by atoms with van der Waals surface area (Å²) >= 11 is 0. The molecule has 3 aromatic heterocycles. The average Bonchev–Trinajstić information content (AvgIpc) is 3.22. The Bertz CT molecular complexity index is 1350. The molecule has 0 radical (unpaired) electrons. The summed E-state index contributed by atoms with van der Waals surface area (Å²) in [6, 6.07) is 18.7. The van der Waals surface area contributed by atoms with E-state index in [0.29, 0.717) is 17.9 Å². The van der Waals surface area contributed by atoms with Gasteiger partial charge in [-0.25, -0.2) is 4.98 Å². The minimum atomic E-state index is -4.37. The highest BCUT2D eigenvalue weighted by Gasteiger charge is 2.30. The van der Waals surface area contributed by atoms with Gasteiger partial charge >= 0.3 is 6.18 Å². The molecule has 150 valence electrons. The largest absolute Gasteiger partial charge is 0.416 e. The standard InChI is InChI=1S/C23H17F3N4/c1-15-21(14-17-6-4-5-13-27-17)30-20-8-3-2-7-19(20)29(22(30)28-15)18-11-9-16(10-12-18)23(24,25)26/h2-13H,14H2,1H3. The summed E-state index contributed by atoms with van der Waals surface area (Å²) < 4.78 is 43.0. The van der Waals surface area contributed by atoms with Crippen LogP contribution in [0.2, 0.25) is 0 Å². The fourth-order valence-corrected chi connectivity index (χ4v) is 3.84. The van der Waals surface area contributed by atoms with Crippen LogP contribution >= 0.6 is 0 Å². The van der Waals surface area contributed by atoms with Gasteiger partial charge in [0.2, 0.25) is 5.78 Å². The lowest BCUT2D eigenvalue weighted by atomic mass is 10.2. The average molecular weight is 406 g/mol. The summed E-state index contributed by atoms with van der Waals surface area (Å²) in [4.78, 5) is 9.19. The van der Waals surface area contributed by atoms with E-state index in [1.165, 1.54) is 12.1 Å². The smallest absolute Gasteiger partial charge is 0.280 e. The molecule has 30 heavy (non-hydrogen) atoms. The van der Waals surface area contributed by atoms with Crippen molar-refractivity contribution in [1.29, 1.82) is 0 Å². The molecule has 0 saturated heterocycles. The van der Waals surface area contributed by atoms with Crippen LogP contribution in [0.25, 0.3) is 22.5 Å². The Balaban J connectivity index is 1.74. The van der Waals surface area contributed by atoms with Crippen molar-refractivity contribution in [2.45, 2.75) is 19.5 Å². The minimum absolute atomic E-state index is 0.606. The molecule has 0 aliphatic carbocycles. The van der Waals surface area contributed by atoms with E-state index in [0.717, 1.165) is 40.2 Å².